The molecule has 0 atom stereocenters. The van der Waals surface area contributed by atoms with Crippen LogP contribution in [0.4, 0.5) is 0 Å². The summed E-state index contributed by atoms with van der Waals surface area (Å²) in [6.07, 6.45) is 0. The van der Waals surface area contributed by atoms with E-state index in [2.05, 4.69) is 113 Å². The van der Waals surface area contributed by atoms with Crippen LogP contribution < -0.4 is 0 Å². The van der Waals surface area contributed by atoms with Gasteiger partial charge in [-0.15, -0.1) is 0 Å². The predicted molar refractivity (Wildman–Crippen MR) is 134 cm³/mol. The lowest BCUT2D eigenvalue weighted by Crippen LogP contribution is -2.15. The maximum Gasteiger partial charge on any atom is 0.0159 e. The molecule has 1 aliphatic carbocycles. The first-order valence-electron chi connectivity index (χ1n) is 11.1. The zero-order chi connectivity index (χ0) is 21.3. The molecule has 5 aromatic carbocycles. The minimum atomic E-state index is -0.0179. The van der Waals surface area contributed by atoms with Gasteiger partial charge >= 0.3 is 0 Å². The van der Waals surface area contributed by atoms with Gasteiger partial charge in [0.1, 0.15) is 0 Å². The van der Waals surface area contributed by atoms with Crippen molar-refractivity contribution in [1.29, 1.82) is 0 Å². The van der Waals surface area contributed by atoms with Gasteiger partial charge in [0.05, 0.1) is 0 Å². The molecule has 0 fully saturated rings. The highest BCUT2D eigenvalue weighted by Crippen LogP contribution is 2.52. The van der Waals surface area contributed by atoms with Gasteiger partial charge in [0.25, 0.3) is 0 Å². The number of rotatable bonds is 1. The topological polar surface area (TPSA) is 0 Å². The number of hydrogen-bond donors (Lipinski definition) is 0. The van der Waals surface area contributed by atoms with Crippen molar-refractivity contribution in [2.75, 3.05) is 0 Å². The highest BCUT2D eigenvalue weighted by molar-refractivity contribution is 6.05. The summed E-state index contributed by atoms with van der Waals surface area (Å²) in [6.45, 7) is 9.19. The van der Waals surface area contributed by atoms with Crippen molar-refractivity contribution in [1.82, 2.24) is 0 Å². The van der Waals surface area contributed by atoms with Crippen molar-refractivity contribution < 1.29 is 0 Å². The summed E-state index contributed by atoms with van der Waals surface area (Å²) in [7, 11) is 0. The Kier molecular flexibility index (Phi) is 3.74. The minimum absolute atomic E-state index is 0.0179. The van der Waals surface area contributed by atoms with E-state index in [1.54, 1.807) is 0 Å². The third kappa shape index (κ3) is 2.48. The first-order chi connectivity index (χ1) is 15.0. The molecule has 5 aromatic rings. The molecule has 1 aliphatic rings. The van der Waals surface area contributed by atoms with E-state index in [1.807, 2.05) is 0 Å². The molecule has 0 heterocycles. The van der Waals surface area contributed by atoms with Crippen LogP contribution in [0.25, 0.3) is 43.8 Å². The Morgan fingerprint density at radius 2 is 1.13 bits per heavy atom. The van der Waals surface area contributed by atoms with E-state index in [1.165, 1.54) is 66.1 Å². The molecule has 0 amide bonds. The van der Waals surface area contributed by atoms with Crippen molar-refractivity contribution >= 4 is 21.5 Å². The zero-order valence-corrected chi connectivity index (χ0v) is 18.6. The lowest BCUT2D eigenvalue weighted by Gasteiger charge is -2.23. The van der Waals surface area contributed by atoms with Crippen LogP contribution in [0, 0.1) is 13.8 Å². The van der Waals surface area contributed by atoms with E-state index in [0.717, 1.165) is 0 Å². The number of hydrogen-bond acceptors (Lipinski definition) is 0. The van der Waals surface area contributed by atoms with Gasteiger partial charge in [0, 0.05) is 5.41 Å². The van der Waals surface area contributed by atoms with Gasteiger partial charge in [-0.3, -0.25) is 0 Å². The fourth-order valence-electron chi connectivity index (χ4n) is 5.63. The Hall–Kier alpha value is -3.38. The quantitative estimate of drug-likeness (QED) is 0.265. The van der Waals surface area contributed by atoms with E-state index in [0.29, 0.717) is 0 Å². The maximum atomic E-state index is 2.44. The van der Waals surface area contributed by atoms with Crippen LogP contribution >= 0.6 is 0 Å². The molecule has 0 N–H and O–H groups in total. The van der Waals surface area contributed by atoms with Crippen molar-refractivity contribution in [2.45, 2.75) is 33.1 Å². The average Bonchev–Trinajstić information content (AvgIpc) is 3.01. The Morgan fingerprint density at radius 1 is 0.516 bits per heavy atom. The highest BCUT2D eigenvalue weighted by atomic mass is 14.4. The van der Waals surface area contributed by atoms with Crippen molar-refractivity contribution in [3.8, 4) is 22.3 Å². The monoisotopic (exact) mass is 398 g/mol. The maximum absolute atomic E-state index is 2.44. The molecule has 0 saturated carbocycles. The number of benzene rings is 5. The minimum Gasteiger partial charge on any atom is -0.0616 e. The summed E-state index contributed by atoms with van der Waals surface area (Å²) in [5, 5.41) is 5.40. The second kappa shape index (κ2) is 6.31. The van der Waals surface area contributed by atoms with E-state index in [9.17, 15) is 0 Å². The van der Waals surface area contributed by atoms with Crippen LogP contribution in [0.5, 0.6) is 0 Å². The van der Waals surface area contributed by atoms with Crippen LogP contribution in [-0.4, -0.2) is 0 Å². The molecule has 0 heteroatoms. The predicted octanol–water partition coefficient (Wildman–Crippen LogP) is 8.58. The third-order valence-corrected chi connectivity index (χ3v) is 7.34. The lowest BCUT2D eigenvalue weighted by atomic mass is 9.80. The van der Waals surface area contributed by atoms with Crippen LogP contribution in [-0.2, 0) is 5.41 Å². The van der Waals surface area contributed by atoms with Crippen LogP contribution in [0.2, 0.25) is 0 Å². The molecule has 0 aromatic heterocycles. The molecule has 0 spiro atoms. The number of fused-ring (bicyclic) bond motifs is 6. The molecule has 31 heavy (non-hydrogen) atoms. The van der Waals surface area contributed by atoms with Gasteiger partial charge in [0.15, 0.2) is 0 Å². The van der Waals surface area contributed by atoms with E-state index >= 15 is 0 Å². The molecule has 150 valence electrons. The van der Waals surface area contributed by atoms with E-state index in [4.69, 9.17) is 0 Å². The fourth-order valence-corrected chi connectivity index (χ4v) is 5.63. The van der Waals surface area contributed by atoms with Gasteiger partial charge in [-0.25, -0.2) is 0 Å². The second-order valence-corrected chi connectivity index (χ2v) is 9.52. The van der Waals surface area contributed by atoms with Gasteiger partial charge < -0.3 is 0 Å². The Bertz CT molecular complexity index is 1510. The van der Waals surface area contributed by atoms with Gasteiger partial charge in [-0.2, -0.15) is 0 Å². The number of aryl methyl sites for hydroxylation is 2. The molecular formula is C31H26. The fraction of sp³-hybridized carbons (Fsp3) is 0.161. The third-order valence-electron chi connectivity index (χ3n) is 7.34. The van der Waals surface area contributed by atoms with Gasteiger partial charge in [-0.1, -0.05) is 92.7 Å². The molecule has 0 aliphatic heterocycles. The second-order valence-electron chi connectivity index (χ2n) is 9.52. The molecular weight excluding hydrogens is 372 g/mol. The zero-order valence-electron chi connectivity index (χ0n) is 18.6. The van der Waals surface area contributed by atoms with Gasteiger partial charge in [0.2, 0.25) is 0 Å². The van der Waals surface area contributed by atoms with E-state index in [-0.39, 0.29) is 5.41 Å². The lowest BCUT2D eigenvalue weighted by molar-refractivity contribution is 0.660. The molecule has 0 nitrogen and oxygen atoms in total. The van der Waals surface area contributed by atoms with Crippen molar-refractivity contribution in [2.24, 2.45) is 0 Å². The molecule has 0 radical (unpaired) electrons. The molecule has 6 rings (SSSR count). The Balaban J connectivity index is 1.64. The average molecular weight is 399 g/mol. The normalized spacial score (nSPS) is 14.1. The summed E-state index contributed by atoms with van der Waals surface area (Å²) < 4.78 is 0. The molecule has 0 unspecified atom stereocenters. The Labute approximate surface area is 184 Å². The van der Waals surface area contributed by atoms with Crippen LogP contribution in [0.1, 0.15) is 36.1 Å². The first-order valence-corrected chi connectivity index (χ1v) is 11.1. The largest absolute Gasteiger partial charge is 0.0616 e. The van der Waals surface area contributed by atoms with Crippen molar-refractivity contribution in [3.05, 3.63) is 107 Å². The van der Waals surface area contributed by atoms with Crippen LogP contribution in [0.3, 0.4) is 0 Å². The molecule has 0 saturated heterocycles. The first kappa shape index (κ1) is 18.4. The standard InChI is InChI=1S/C31H26/c1-19-13-15-24(25-11-7-5-9-22(19)25)21-14-16-27-28(18-21)31(3,4)29-17-20(2)23-10-6-8-12-26(23)30(27)29/h5-18H,1-4H3. The smallest absolute Gasteiger partial charge is 0.0159 e. The summed E-state index contributed by atoms with van der Waals surface area (Å²) in [5.74, 6) is 0. The van der Waals surface area contributed by atoms with E-state index < -0.39 is 0 Å². The van der Waals surface area contributed by atoms with Crippen molar-refractivity contribution in [3.63, 3.8) is 0 Å². The summed E-state index contributed by atoms with van der Waals surface area (Å²) in [6, 6.07) is 31.7. The molecule has 0 bridgehead atoms. The summed E-state index contributed by atoms with van der Waals surface area (Å²) in [5.41, 5.74) is 11.0. The highest BCUT2D eigenvalue weighted by Gasteiger charge is 2.37. The Morgan fingerprint density at radius 3 is 1.87 bits per heavy atom. The van der Waals surface area contributed by atoms with Crippen LogP contribution in [0.15, 0.2) is 84.9 Å². The SMILES string of the molecule is Cc1ccc(-c2ccc3c(c2)C(C)(C)c2cc(C)c4ccccc4c2-3)c2ccccc12. The summed E-state index contributed by atoms with van der Waals surface area (Å²) >= 11 is 0. The van der Waals surface area contributed by atoms with Gasteiger partial charge in [-0.05, 0) is 86.0 Å². The summed E-state index contributed by atoms with van der Waals surface area (Å²) in [4.78, 5) is 0.